The molecule has 1 aliphatic heterocycles. The third-order valence-corrected chi connectivity index (χ3v) is 3.96. The molecule has 0 radical (unpaired) electrons. The maximum absolute atomic E-state index is 5.54. The van der Waals surface area contributed by atoms with Crippen LogP contribution in [-0.2, 0) is 6.54 Å². The first-order valence-corrected chi connectivity index (χ1v) is 7.39. The van der Waals surface area contributed by atoms with Gasteiger partial charge in [0.2, 0.25) is 5.75 Å². The molecule has 1 heterocycles. The average molecular weight is 304 g/mol. The monoisotopic (exact) mass is 304 g/mol. The van der Waals surface area contributed by atoms with Gasteiger partial charge in [-0.2, -0.15) is 0 Å². The van der Waals surface area contributed by atoms with Crippen molar-refractivity contribution in [3.63, 3.8) is 0 Å². The minimum Gasteiger partial charge on any atom is -0.493 e. The molecule has 0 bridgehead atoms. The highest BCUT2D eigenvalue weighted by Crippen LogP contribution is 2.40. The van der Waals surface area contributed by atoms with Crippen LogP contribution in [0.3, 0.4) is 0 Å². The highest BCUT2D eigenvalue weighted by atomic mass is 16.5. The first-order chi connectivity index (χ1) is 10.7. The predicted octanol–water partition coefficient (Wildman–Crippen LogP) is 1.46. The Hall–Kier alpha value is -1.90. The Morgan fingerprint density at radius 3 is 2.14 bits per heavy atom. The summed E-state index contributed by atoms with van der Waals surface area (Å²) in [7, 11) is 4.91. The lowest BCUT2D eigenvalue weighted by molar-refractivity contribution is 0.137. The number of benzene rings is 1. The lowest BCUT2D eigenvalue weighted by atomic mass is 10.1. The Balaban J connectivity index is 2.09. The molecule has 1 aromatic carbocycles. The number of ether oxygens (including phenoxy) is 3. The van der Waals surface area contributed by atoms with E-state index in [0.29, 0.717) is 11.5 Å². The van der Waals surface area contributed by atoms with Crippen molar-refractivity contribution in [2.24, 2.45) is 0 Å². The van der Waals surface area contributed by atoms with E-state index in [4.69, 9.17) is 20.6 Å². The molecule has 1 aliphatic rings. The minimum atomic E-state index is 0.647. The lowest BCUT2D eigenvalue weighted by Gasteiger charge is -2.34. The molecule has 0 atom stereocenters. The standard InChI is InChI=1S/C17H24N2O3/c1-5-8-18-9-11-19(12-10-18)13-14-6-7-15(20-2)17(22-4)16(14)21-3/h1,6-7H,8-13H2,2-4H3. The molecule has 0 aromatic heterocycles. The Labute approximate surface area is 132 Å². The molecule has 2 rings (SSSR count). The van der Waals surface area contributed by atoms with Gasteiger partial charge in [0, 0.05) is 38.3 Å². The van der Waals surface area contributed by atoms with Crippen LogP contribution in [0.5, 0.6) is 17.2 Å². The van der Waals surface area contributed by atoms with Gasteiger partial charge in [0.15, 0.2) is 11.5 Å². The smallest absolute Gasteiger partial charge is 0.203 e. The molecule has 0 unspecified atom stereocenters. The van der Waals surface area contributed by atoms with Crippen molar-refractivity contribution >= 4 is 0 Å². The first-order valence-electron chi connectivity index (χ1n) is 7.39. The van der Waals surface area contributed by atoms with E-state index in [0.717, 1.165) is 50.6 Å². The summed E-state index contributed by atoms with van der Waals surface area (Å²) in [5.74, 6) is 4.78. The fourth-order valence-corrected chi connectivity index (χ4v) is 2.76. The fourth-order valence-electron chi connectivity index (χ4n) is 2.76. The van der Waals surface area contributed by atoms with Gasteiger partial charge in [-0.1, -0.05) is 12.0 Å². The zero-order valence-electron chi connectivity index (χ0n) is 13.6. The number of rotatable bonds is 6. The maximum Gasteiger partial charge on any atom is 0.203 e. The molecule has 120 valence electrons. The summed E-state index contributed by atoms with van der Waals surface area (Å²) in [6.07, 6.45) is 5.37. The summed E-state index contributed by atoms with van der Waals surface area (Å²) in [5.41, 5.74) is 1.10. The van der Waals surface area contributed by atoms with Crippen LogP contribution in [-0.4, -0.2) is 63.9 Å². The summed E-state index contributed by atoms with van der Waals surface area (Å²) in [4.78, 5) is 4.69. The van der Waals surface area contributed by atoms with E-state index in [2.05, 4.69) is 15.7 Å². The van der Waals surface area contributed by atoms with Crippen LogP contribution in [0.2, 0.25) is 0 Å². The molecule has 0 aliphatic carbocycles. The van der Waals surface area contributed by atoms with Crippen molar-refractivity contribution in [2.75, 3.05) is 54.1 Å². The topological polar surface area (TPSA) is 34.2 Å². The van der Waals surface area contributed by atoms with E-state index in [-0.39, 0.29) is 0 Å². The zero-order chi connectivity index (χ0) is 15.9. The van der Waals surface area contributed by atoms with Gasteiger partial charge in [-0.05, 0) is 6.07 Å². The molecular weight excluding hydrogens is 280 g/mol. The second kappa shape index (κ2) is 7.92. The van der Waals surface area contributed by atoms with E-state index in [1.807, 2.05) is 12.1 Å². The van der Waals surface area contributed by atoms with E-state index in [1.165, 1.54) is 0 Å². The van der Waals surface area contributed by atoms with Crippen molar-refractivity contribution < 1.29 is 14.2 Å². The summed E-state index contributed by atoms with van der Waals surface area (Å²) in [6, 6.07) is 3.96. The van der Waals surface area contributed by atoms with E-state index in [9.17, 15) is 0 Å². The molecule has 0 N–H and O–H groups in total. The van der Waals surface area contributed by atoms with Crippen LogP contribution in [0.25, 0.3) is 0 Å². The summed E-state index contributed by atoms with van der Waals surface area (Å²) < 4.78 is 16.3. The summed E-state index contributed by atoms with van der Waals surface area (Å²) in [6.45, 7) is 5.55. The number of terminal acetylenes is 1. The number of methoxy groups -OCH3 is 3. The van der Waals surface area contributed by atoms with Gasteiger partial charge in [-0.3, -0.25) is 9.80 Å². The molecule has 0 saturated carbocycles. The van der Waals surface area contributed by atoms with E-state index < -0.39 is 0 Å². The number of hydrogen-bond donors (Lipinski definition) is 0. The second-order valence-electron chi connectivity index (χ2n) is 5.25. The van der Waals surface area contributed by atoms with Crippen molar-refractivity contribution in [1.29, 1.82) is 0 Å². The predicted molar refractivity (Wildman–Crippen MR) is 86.6 cm³/mol. The Morgan fingerprint density at radius 2 is 1.59 bits per heavy atom. The van der Waals surface area contributed by atoms with Crippen LogP contribution in [0.1, 0.15) is 5.56 Å². The van der Waals surface area contributed by atoms with Crippen LogP contribution in [0, 0.1) is 12.3 Å². The first kappa shape index (κ1) is 16.5. The normalized spacial score (nSPS) is 16.1. The van der Waals surface area contributed by atoms with Crippen LogP contribution >= 0.6 is 0 Å². The number of piperazine rings is 1. The van der Waals surface area contributed by atoms with E-state index >= 15 is 0 Å². The molecule has 1 aromatic rings. The summed E-state index contributed by atoms with van der Waals surface area (Å²) >= 11 is 0. The van der Waals surface area contributed by atoms with Gasteiger partial charge in [0.25, 0.3) is 0 Å². The van der Waals surface area contributed by atoms with Gasteiger partial charge in [-0.25, -0.2) is 0 Å². The Morgan fingerprint density at radius 1 is 0.955 bits per heavy atom. The fraction of sp³-hybridized carbons (Fsp3) is 0.529. The summed E-state index contributed by atoms with van der Waals surface area (Å²) in [5, 5.41) is 0. The van der Waals surface area contributed by atoms with Crippen LogP contribution < -0.4 is 14.2 Å². The minimum absolute atomic E-state index is 0.647. The second-order valence-corrected chi connectivity index (χ2v) is 5.25. The molecule has 0 amide bonds. The zero-order valence-corrected chi connectivity index (χ0v) is 13.6. The van der Waals surface area contributed by atoms with Crippen molar-refractivity contribution in [1.82, 2.24) is 9.80 Å². The van der Waals surface area contributed by atoms with Gasteiger partial charge in [0.1, 0.15) is 0 Å². The van der Waals surface area contributed by atoms with Crippen LogP contribution in [0.4, 0.5) is 0 Å². The largest absolute Gasteiger partial charge is 0.493 e. The van der Waals surface area contributed by atoms with Gasteiger partial charge in [0.05, 0.1) is 27.9 Å². The molecular formula is C17H24N2O3. The molecule has 5 nitrogen and oxygen atoms in total. The number of hydrogen-bond acceptors (Lipinski definition) is 5. The average Bonchev–Trinajstić information content (AvgIpc) is 2.56. The van der Waals surface area contributed by atoms with Gasteiger partial charge >= 0.3 is 0 Å². The van der Waals surface area contributed by atoms with Crippen LogP contribution in [0.15, 0.2) is 12.1 Å². The lowest BCUT2D eigenvalue weighted by Crippen LogP contribution is -2.45. The third kappa shape index (κ3) is 3.65. The molecule has 1 saturated heterocycles. The highest BCUT2D eigenvalue weighted by molar-refractivity contribution is 5.55. The SMILES string of the molecule is C#CCN1CCN(Cc2ccc(OC)c(OC)c2OC)CC1. The van der Waals surface area contributed by atoms with Crippen molar-refractivity contribution in [3.05, 3.63) is 17.7 Å². The quantitative estimate of drug-likeness (QED) is 0.743. The molecule has 22 heavy (non-hydrogen) atoms. The Bertz CT molecular complexity index is 531. The highest BCUT2D eigenvalue weighted by Gasteiger charge is 2.20. The number of nitrogens with zero attached hydrogens (tertiary/aromatic N) is 2. The van der Waals surface area contributed by atoms with Crippen molar-refractivity contribution in [3.8, 4) is 29.6 Å². The third-order valence-electron chi connectivity index (χ3n) is 3.96. The van der Waals surface area contributed by atoms with Gasteiger partial charge < -0.3 is 14.2 Å². The Kier molecular flexibility index (Phi) is 5.93. The van der Waals surface area contributed by atoms with Crippen molar-refractivity contribution in [2.45, 2.75) is 6.54 Å². The van der Waals surface area contributed by atoms with E-state index in [1.54, 1.807) is 21.3 Å². The molecule has 0 spiro atoms. The van der Waals surface area contributed by atoms with Gasteiger partial charge in [-0.15, -0.1) is 6.42 Å². The maximum atomic E-state index is 5.54. The molecule has 1 fully saturated rings. The molecule has 5 heteroatoms.